The summed E-state index contributed by atoms with van der Waals surface area (Å²) in [5, 5.41) is 6.19. The Morgan fingerprint density at radius 2 is 1.84 bits per heavy atom. The van der Waals surface area contributed by atoms with Crippen molar-refractivity contribution in [1.82, 2.24) is 10.2 Å². The highest BCUT2D eigenvalue weighted by atomic mass is 16.3. The van der Waals surface area contributed by atoms with Gasteiger partial charge in [-0.3, -0.25) is 9.59 Å². The van der Waals surface area contributed by atoms with E-state index in [4.69, 9.17) is 4.42 Å². The van der Waals surface area contributed by atoms with Crippen LogP contribution in [0.3, 0.4) is 0 Å². The SMILES string of the molecule is C[C@@H](NC(=O)c1ccco1)C(=O)N1CCC(Nc2ccccc2)CC1. The second kappa shape index (κ2) is 7.88. The first-order chi connectivity index (χ1) is 12.1. The molecule has 0 unspecified atom stereocenters. The van der Waals surface area contributed by atoms with Crippen molar-refractivity contribution in [2.24, 2.45) is 0 Å². The van der Waals surface area contributed by atoms with Gasteiger partial charge in [0.2, 0.25) is 5.91 Å². The molecule has 0 spiro atoms. The Kier molecular flexibility index (Phi) is 5.38. The number of furan rings is 1. The molecular formula is C19H23N3O3. The van der Waals surface area contributed by atoms with Crippen LogP contribution in [0, 0.1) is 0 Å². The Bertz CT molecular complexity index is 692. The highest BCUT2D eigenvalue weighted by Gasteiger charge is 2.27. The quantitative estimate of drug-likeness (QED) is 0.876. The number of nitrogens with zero attached hydrogens (tertiary/aromatic N) is 1. The largest absolute Gasteiger partial charge is 0.459 e. The van der Waals surface area contributed by atoms with E-state index in [1.165, 1.54) is 6.26 Å². The normalized spacial score (nSPS) is 16.3. The maximum Gasteiger partial charge on any atom is 0.287 e. The lowest BCUT2D eigenvalue weighted by Gasteiger charge is -2.34. The Labute approximate surface area is 147 Å². The van der Waals surface area contributed by atoms with Gasteiger partial charge in [0.25, 0.3) is 5.91 Å². The third kappa shape index (κ3) is 4.41. The van der Waals surface area contributed by atoms with Gasteiger partial charge in [-0.05, 0) is 44.0 Å². The number of rotatable bonds is 5. The van der Waals surface area contributed by atoms with Gasteiger partial charge in [0.05, 0.1) is 6.26 Å². The summed E-state index contributed by atoms with van der Waals surface area (Å²) >= 11 is 0. The van der Waals surface area contributed by atoms with Gasteiger partial charge in [0.15, 0.2) is 5.76 Å². The zero-order valence-corrected chi connectivity index (χ0v) is 14.3. The van der Waals surface area contributed by atoms with Crippen molar-refractivity contribution >= 4 is 17.5 Å². The van der Waals surface area contributed by atoms with Crippen molar-refractivity contribution in [3.63, 3.8) is 0 Å². The molecule has 1 aliphatic heterocycles. The second-order valence-corrected chi connectivity index (χ2v) is 6.28. The molecule has 2 heterocycles. The van der Waals surface area contributed by atoms with Crippen molar-refractivity contribution in [1.29, 1.82) is 0 Å². The van der Waals surface area contributed by atoms with E-state index in [0.717, 1.165) is 18.5 Å². The summed E-state index contributed by atoms with van der Waals surface area (Å²) in [6, 6.07) is 13.1. The molecule has 0 bridgehead atoms. The molecule has 0 saturated carbocycles. The van der Waals surface area contributed by atoms with Crippen molar-refractivity contribution in [2.75, 3.05) is 18.4 Å². The maximum atomic E-state index is 12.5. The Hall–Kier alpha value is -2.76. The number of para-hydroxylation sites is 1. The minimum absolute atomic E-state index is 0.0573. The van der Waals surface area contributed by atoms with Gasteiger partial charge in [-0.25, -0.2) is 0 Å². The molecule has 0 aliphatic carbocycles. The number of likely N-dealkylation sites (tertiary alicyclic amines) is 1. The molecule has 6 heteroatoms. The van der Waals surface area contributed by atoms with Gasteiger partial charge < -0.3 is 20.0 Å². The predicted octanol–water partition coefficient (Wildman–Crippen LogP) is 2.50. The predicted molar refractivity (Wildman–Crippen MR) is 95.3 cm³/mol. The molecule has 1 atom stereocenters. The van der Waals surface area contributed by atoms with Crippen molar-refractivity contribution in [3.8, 4) is 0 Å². The Morgan fingerprint density at radius 3 is 2.48 bits per heavy atom. The van der Waals surface area contributed by atoms with Crippen LogP contribution < -0.4 is 10.6 Å². The molecule has 1 aromatic heterocycles. The fourth-order valence-electron chi connectivity index (χ4n) is 3.03. The van der Waals surface area contributed by atoms with E-state index in [0.29, 0.717) is 19.1 Å². The number of piperidine rings is 1. The summed E-state index contributed by atoms with van der Waals surface area (Å²) in [4.78, 5) is 26.3. The van der Waals surface area contributed by atoms with E-state index in [1.807, 2.05) is 35.2 Å². The Morgan fingerprint density at radius 1 is 1.12 bits per heavy atom. The maximum absolute atomic E-state index is 12.5. The van der Waals surface area contributed by atoms with Crippen LogP contribution in [0.4, 0.5) is 5.69 Å². The zero-order chi connectivity index (χ0) is 17.6. The topological polar surface area (TPSA) is 74.6 Å². The molecular weight excluding hydrogens is 318 g/mol. The number of nitrogens with one attached hydrogen (secondary N) is 2. The van der Waals surface area contributed by atoms with E-state index in [9.17, 15) is 9.59 Å². The highest BCUT2D eigenvalue weighted by molar-refractivity contribution is 5.95. The standard InChI is InChI=1S/C19H23N3O3/c1-14(20-18(23)17-8-5-13-25-17)19(24)22-11-9-16(10-12-22)21-15-6-3-2-4-7-15/h2-8,13-14,16,21H,9-12H2,1H3,(H,20,23)/t14-/m1/s1. The highest BCUT2D eigenvalue weighted by Crippen LogP contribution is 2.17. The van der Waals surface area contributed by atoms with Crippen molar-refractivity contribution in [3.05, 3.63) is 54.5 Å². The average molecular weight is 341 g/mol. The second-order valence-electron chi connectivity index (χ2n) is 6.28. The van der Waals surface area contributed by atoms with Crippen molar-refractivity contribution in [2.45, 2.75) is 31.8 Å². The fraction of sp³-hybridized carbons (Fsp3) is 0.368. The lowest BCUT2D eigenvalue weighted by Crippen LogP contribution is -2.50. The number of hydrogen-bond acceptors (Lipinski definition) is 4. The summed E-state index contributed by atoms with van der Waals surface area (Å²) in [5.74, 6) is -0.213. The molecule has 3 rings (SSSR count). The van der Waals surface area contributed by atoms with E-state index < -0.39 is 6.04 Å². The number of amides is 2. The van der Waals surface area contributed by atoms with Crippen LogP contribution >= 0.6 is 0 Å². The number of anilines is 1. The third-order valence-electron chi connectivity index (χ3n) is 4.41. The van der Waals surface area contributed by atoms with Gasteiger partial charge >= 0.3 is 0 Å². The van der Waals surface area contributed by atoms with Gasteiger partial charge in [-0.1, -0.05) is 18.2 Å². The van der Waals surface area contributed by atoms with Crippen LogP contribution in [-0.2, 0) is 4.79 Å². The lowest BCUT2D eigenvalue weighted by molar-refractivity contribution is -0.133. The van der Waals surface area contributed by atoms with Crippen LogP contribution in [0.15, 0.2) is 53.1 Å². The molecule has 1 saturated heterocycles. The average Bonchev–Trinajstić information content (AvgIpc) is 3.17. The number of benzene rings is 1. The summed E-state index contributed by atoms with van der Waals surface area (Å²) < 4.78 is 5.05. The van der Waals surface area contributed by atoms with Crippen LogP contribution in [0.25, 0.3) is 0 Å². The first-order valence-corrected chi connectivity index (χ1v) is 8.58. The smallest absolute Gasteiger partial charge is 0.287 e. The fourth-order valence-corrected chi connectivity index (χ4v) is 3.03. The number of carbonyl (C=O) groups is 2. The summed E-state index contributed by atoms with van der Waals surface area (Å²) in [5.41, 5.74) is 1.10. The Balaban J connectivity index is 1.47. The first kappa shape index (κ1) is 17.1. The van der Waals surface area contributed by atoms with Crippen LogP contribution in [0.5, 0.6) is 0 Å². The van der Waals surface area contributed by atoms with Gasteiger partial charge in [-0.2, -0.15) is 0 Å². The number of hydrogen-bond donors (Lipinski definition) is 2. The minimum Gasteiger partial charge on any atom is -0.459 e. The monoisotopic (exact) mass is 341 g/mol. The first-order valence-electron chi connectivity index (χ1n) is 8.58. The molecule has 0 radical (unpaired) electrons. The third-order valence-corrected chi connectivity index (χ3v) is 4.41. The summed E-state index contributed by atoms with van der Waals surface area (Å²) in [6.45, 7) is 3.08. The molecule has 2 amide bonds. The van der Waals surface area contributed by atoms with E-state index in [2.05, 4.69) is 10.6 Å². The molecule has 1 fully saturated rings. The van der Waals surface area contributed by atoms with Crippen molar-refractivity contribution < 1.29 is 14.0 Å². The molecule has 6 nitrogen and oxygen atoms in total. The molecule has 1 aromatic carbocycles. The van der Waals surface area contributed by atoms with Crippen LogP contribution in [0.2, 0.25) is 0 Å². The summed E-state index contributed by atoms with van der Waals surface area (Å²) in [7, 11) is 0. The minimum atomic E-state index is -0.573. The van der Waals surface area contributed by atoms with E-state index >= 15 is 0 Å². The van der Waals surface area contributed by atoms with Gasteiger partial charge in [-0.15, -0.1) is 0 Å². The van der Waals surface area contributed by atoms with Gasteiger partial charge in [0, 0.05) is 24.8 Å². The molecule has 1 aliphatic rings. The van der Waals surface area contributed by atoms with Crippen LogP contribution in [0.1, 0.15) is 30.3 Å². The van der Waals surface area contributed by atoms with E-state index in [-0.39, 0.29) is 17.6 Å². The zero-order valence-electron chi connectivity index (χ0n) is 14.3. The van der Waals surface area contributed by atoms with Crippen LogP contribution in [-0.4, -0.2) is 41.9 Å². The summed E-state index contributed by atoms with van der Waals surface area (Å²) in [6.07, 6.45) is 3.21. The number of carbonyl (C=O) groups excluding carboxylic acids is 2. The molecule has 2 aromatic rings. The molecule has 2 N–H and O–H groups in total. The molecule has 132 valence electrons. The molecule has 25 heavy (non-hydrogen) atoms. The van der Waals surface area contributed by atoms with E-state index in [1.54, 1.807) is 19.1 Å². The lowest BCUT2D eigenvalue weighted by atomic mass is 10.0. The van der Waals surface area contributed by atoms with Gasteiger partial charge in [0.1, 0.15) is 6.04 Å².